The average molecular weight is 292 g/mol. The van der Waals surface area contributed by atoms with Crippen molar-refractivity contribution in [1.82, 2.24) is 0 Å². The fraction of sp³-hybridized carbons (Fsp3) is 0.571. The van der Waals surface area contributed by atoms with Gasteiger partial charge in [-0.05, 0) is 43.5 Å². The van der Waals surface area contributed by atoms with E-state index >= 15 is 0 Å². The standard InChI is InChI=1S/C14H20F4N2/c1-4-5-20(8-14(16,17)18)13-6-9(2)12(15)7-11(13)10(3)19/h6-7,10H,4-5,8,19H2,1-3H3/t10-/m1/s1. The highest BCUT2D eigenvalue weighted by molar-refractivity contribution is 5.57. The second-order valence-electron chi connectivity index (χ2n) is 4.99. The molecule has 114 valence electrons. The summed E-state index contributed by atoms with van der Waals surface area (Å²) in [5, 5.41) is 0. The van der Waals surface area contributed by atoms with Gasteiger partial charge in [-0.15, -0.1) is 0 Å². The monoisotopic (exact) mass is 292 g/mol. The fourth-order valence-corrected chi connectivity index (χ4v) is 2.09. The molecular formula is C14H20F4N2. The quantitative estimate of drug-likeness (QED) is 0.833. The van der Waals surface area contributed by atoms with Crippen molar-refractivity contribution < 1.29 is 17.6 Å². The molecule has 2 N–H and O–H groups in total. The second-order valence-corrected chi connectivity index (χ2v) is 4.99. The van der Waals surface area contributed by atoms with Gasteiger partial charge in [0.25, 0.3) is 0 Å². The number of aryl methyl sites for hydroxylation is 1. The summed E-state index contributed by atoms with van der Waals surface area (Å²) in [7, 11) is 0. The Morgan fingerprint density at radius 2 is 1.90 bits per heavy atom. The summed E-state index contributed by atoms with van der Waals surface area (Å²) < 4.78 is 51.7. The molecule has 0 saturated carbocycles. The number of nitrogens with two attached hydrogens (primary N) is 1. The summed E-state index contributed by atoms with van der Waals surface area (Å²) in [6, 6.07) is 2.14. The van der Waals surface area contributed by atoms with Gasteiger partial charge in [-0.25, -0.2) is 4.39 Å². The van der Waals surface area contributed by atoms with Crippen LogP contribution in [-0.4, -0.2) is 19.3 Å². The number of rotatable bonds is 5. The van der Waals surface area contributed by atoms with Gasteiger partial charge in [0.1, 0.15) is 12.4 Å². The molecule has 0 fully saturated rings. The van der Waals surface area contributed by atoms with Crippen LogP contribution in [0.25, 0.3) is 0 Å². The third-order valence-electron chi connectivity index (χ3n) is 3.00. The Labute approximate surface area is 116 Å². The van der Waals surface area contributed by atoms with E-state index in [9.17, 15) is 17.6 Å². The molecule has 0 spiro atoms. The summed E-state index contributed by atoms with van der Waals surface area (Å²) >= 11 is 0. The van der Waals surface area contributed by atoms with E-state index in [1.807, 2.05) is 0 Å². The molecule has 20 heavy (non-hydrogen) atoms. The summed E-state index contributed by atoms with van der Waals surface area (Å²) in [6.45, 7) is 4.13. The second kappa shape index (κ2) is 6.43. The molecule has 0 aliphatic carbocycles. The molecule has 0 aliphatic rings. The van der Waals surface area contributed by atoms with E-state index in [0.29, 0.717) is 23.2 Å². The van der Waals surface area contributed by atoms with Crippen LogP contribution in [-0.2, 0) is 0 Å². The molecule has 0 unspecified atom stereocenters. The molecule has 2 nitrogen and oxygen atoms in total. The Hall–Kier alpha value is -1.30. The molecular weight excluding hydrogens is 272 g/mol. The van der Waals surface area contributed by atoms with Gasteiger partial charge >= 0.3 is 6.18 Å². The van der Waals surface area contributed by atoms with Crippen LogP contribution in [0, 0.1) is 12.7 Å². The van der Waals surface area contributed by atoms with Crippen molar-refractivity contribution >= 4 is 5.69 Å². The summed E-state index contributed by atoms with van der Waals surface area (Å²) in [6.07, 6.45) is -3.75. The Morgan fingerprint density at radius 1 is 1.30 bits per heavy atom. The first-order valence-corrected chi connectivity index (χ1v) is 6.53. The number of nitrogens with zero attached hydrogens (tertiary/aromatic N) is 1. The lowest BCUT2D eigenvalue weighted by molar-refractivity contribution is -0.119. The average Bonchev–Trinajstić information content (AvgIpc) is 2.29. The summed E-state index contributed by atoms with van der Waals surface area (Å²) in [5.74, 6) is -0.454. The zero-order chi connectivity index (χ0) is 15.5. The van der Waals surface area contributed by atoms with Gasteiger partial charge in [0.2, 0.25) is 0 Å². The third-order valence-corrected chi connectivity index (χ3v) is 3.00. The molecule has 6 heteroatoms. The first-order chi connectivity index (χ1) is 9.15. The molecule has 1 rings (SSSR count). The number of benzene rings is 1. The minimum atomic E-state index is -4.31. The van der Waals surface area contributed by atoms with Gasteiger partial charge in [0.15, 0.2) is 0 Å². The molecule has 0 heterocycles. The van der Waals surface area contributed by atoms with Crippen LogP contribution in [0.5, 0.6) is 0 Å². The summed E-state index contributed by atoms with van der Waals surface area (Å²) in [4.78, 5) is 1.21. The highest BCUT2D eigenvalue weighted by Gasteiger charge is 2.31. The molecule has 0 saturated heterocycles. The van der Waals surface area contributed by atoms with Gasteiger partial charge in [0.05, 0.1) is 0 Å². The molecule has 0 bridgehead atoms. The number of anilines is 1. The smallest absolute Gasteiger partial charge is 0.362 e. The molecule has 0 amide bonds. The van der Waals surface area contributed by atoms with Gasteiger partial charge in [-0.3, -0.25) is 0 Å². The lowest BCUT2D eigenvalue weighted by atomic mass is 10.0. The zero-order valence-electron chi connectivity index (χ0n) is 11.9. The van der Waals surface area contributed by atoms with E-state index in [2.05, 4.69) is 0 Å². The Balaban J connectivity index is 3.27. The van der Waals surface area contributed by atoms with Gasteiger partial charge in [-0.1, -0.05) is 6.92 Å². The molecule has 0 aliphatic heterocycles. The van der Waals surface area contributed by atoms with Gasteiger partial charge in [0, 0.05) is 18.3 Å². The highest BCUT2D eigenvalue weighted by Crippen LogP contribution is 2.31. The maximum atomic E-state index is 13.6. The van der Waals surface area contributed by atoms with Crippen LogP contribution >= 0.6 is 0 Å². The number of halogens is 4. The van der Waals surface area contributed by atoms with Crippen LogP contribution < -0.4 is 10.6 Å². The minimum Gasteiger partial charge on any atom is -0.362 e. The number of hydrogen-bond acceptors (Lipinski definition) is 2. The van der Waals surface area contributed by atoms with E-state index < -0.39 is 24.6 Å². The Bertz CT molecular complexity index is 455. The molecule has 1 aromatic rings. The Kier molecular flexibility index (Phi) is 5.39. The number of alkyl halides is 3. The van der Waals surface area contributed by atoms with E-state index in [1.54, 1.807) is 13.8 Å². The van der Waals surface area contributed by atoms with E-state index in [1.165, 1.54) is 24.0 Å². The van der Waals surface area contributed by atoms with Crippen LogP contribution in [0.15, 0.2) is 12.1 Å². The third kappa shape index (κ3) is 4.37. The maximum Gasteiger partial charge on any atom is 0.405 e. The van der Waals surface area contributed by atoms with Crippen LogP contribution in [0.3, 0.4) is 0 Å². The van der Waals surface area contributed by atoms with E-state index in [0.717, 1.165) is 0 Å². The highest BCUT2D eigenvalue weighted by atomic mass is 19.4. The number of hydrogen-bond donors (Lipinski definition) is 1. The normalized spacial score (nSPS) is 13.4. The van der Waals surface area contributed by atoms with Crippen molar-refractivity contribution in [2.45, 2.75) is 39.4 Å². The molecule has 0 aromatic heterocycles. The van der Waals surface area contributed by atoms with Crippen LogP contribution in [0.4, 0.5) is 23.2 Å². The maximum absolute atomic E-state index is 13.6. The fourth-order valence-electron chi connectivity index (χ4n) is 2.09. The zero-order valence-corrected chi connectivity index (χ0v) is 11.9. The van der Waals surface area contributed by atoms with Crippen molar-refractivity contribution in [1.29, 1.82) is 0 Å². The predicted molar refractivity (Wildman–Crippen MR) is 72.3 cm³/mol. The SMILES string of the molecule is CCCN(CC(F)(F)F)c1cc(C)c(F)cc1[C@@H](C)N. The van der Waals surface area contributed by atoms with E-state index in [4.69, 9.17) is 5.73 Å². The van der Waals surface area contributed by atoms with Crippen LogP contribution in [0.1, 0.15) is 37.4 Å². The molecule has 1 aromatic carbocycles. The molecule has 1 atom stereocenters. The molecule has 0 radical (unpaired) electrons. The van der Waals surface area contributed by atoms with Gasteiger partial charge in [-0.2, -0.15) is 13.2 Å². The van der Waals surface area contributed by atoms with Crippen molar-refractivity contribution in [3.05, 3.63) is 29.1 Å². The first kappa shape index (κ1) is 16.8. The Morgan fingerprint density at radius 3 is 2.35 bits per heavy atom. The van der Waals surface area contributed by atoms with Crippen LogP contribution in [0.2, 0.25) is 0 Å². The largest absolute Gasteiger partial charge is 0.405 e. The predicted octanol–water partition coefficient (Wildman–Crippen LogP) is 3.93. The summed E-state index contributed by atoms with van der Waals surface area (Å²) in [5.41, 5.74) is 6.82. The first-order valence-electron chi connectivity index (χ1n) is 6.53. The topological polar surface area (TPSA) is 29.3 Å². The van der Waals surface area contributed by atoms with Crippen molar-refractivity contribution in [3.8, 4) is 0 Å². The van der Waals surface area contributed by atoms with Crippen molar-refractivity contribution in [2.75, 3.05) is 18.0 Å². The minimum absolute atomic E-state index is 0.240. The van der Waals surface area contributed by atoms with Gasteiger partial charge < -0.3 is 10.6 Å². The van der Waals surface area contributed by atoms with Crippen molar-refractivity contribution in [3.63, 3.8) is 0 Å². The lowest BCUT2D eigenvalue weighted by Crippen LogP contribution is -2.36. The van der Waals surface area contributed by atoms with Crippen molar-refractivity contribution in [2.24, 2.45) is 5.73 Å². The lowest BCUT2D eigenvalue weighted by Gasteiger charge is -2.29. The van der Waals surface area contributed by atoms with E-state index in [-0.39, 0.29) is 6.54 Å².